The van der Waals surface area contributed by atoms with Gasteiger partial charge in [-0.15, -0.1) is 0 Å². The average Bonchev–Trinajstić information content (AvgIpc) is 2.45. The maximum Gasteiger partial charge on any atom is 0 e. The molecule has 0 aliphatic carbocycles. The molecular weight excluding hydrogens is 215 g/mol. The summed E-state index contributed by atoms with van der Waals surface area (Å²) < 4.78 is 0. The average molecular weight is 251 g/mol. The van der Waals surface area contributed by atoms with Gasteiger partial charge in [-0.05, 0) is 24.0 Å². The first-order valence-corrected chi connectivity index (χ1v) is 6.94. The van der Waals surface area contributed by atoms with Crippen LogP contribution in [-0.4, -0.2) is 8.41 Å². The minimum Gasteiger partial charge on any atom is -0.0776 e. The Kier molecular flexibility index (Phi) is 50.4. The SMILES string of the molecule is C.CC.CC.CC.CCc1ccc(CC)cc1.[B]. The number of rotatable bonds is 2. The van der Waals surface area contributed by atoms with Gasteiger partial charge in [0.05, 0.1) is 0 Å². The smallest absolute Gasteiger partial charge is 0 e. The Balaban J connectivity index is -0.0000000623. The van der Waals surface area contributed by atoms with Crippen molar-refractivity contribution in [3.63, 3.8) is 0 Å². The van der Waals surface area contributed by atoms with Crippen molar-refractivity contribution in [2.24, 2.45) is 0 Å². The molecule has 0 amide bonds. The van der Waals surface area contributed by atoms with Crippen molar-refractivity contribution in [2.75, 3.05) is 0 Å². The molecule has 1 heteroatoms. The summed E-state index contributed by atoms with van der Waals surface area (Å²) in [6.45, 7) is 16.4. The fourth-order valence-electron chi connectivity index (χ4n) is 1.01. The molecule has 1 aromatic rings. The van der Waals surface area contributed by atoms with Crippen molar-refractivity contribution in [1.29, 1.82) is 0 Å². The standard InChI is InChI=1S/C10H14.3C2H6.CH4.B/c1-3-9-5-7-10(4-2)8-6-9;3*1-2;;/h5-8H,3-4H2,1-2H3;3*1-2H3;1H4;. The first kappa shape index (κ1) is 30.4. The molecule has 0 aliphatic heterocycles. The van der Waals surface area contributed by atoms with Gasteiger partial charge in [0.15, 0.2) is 0 Å². The molecule has 0 heterocycles. The summed E-state index contributed by atoms with van der Waals surface area (Å²) >= 11 is 0. The van der Waals surface area contributed by atoms with Crippen LogP contribution in [0.5, 0.6) is 0 Å². The number of hydrogen-bond acceptors (Lipinski definition) is 0. The Morgan fingerprint density at radius 2 is 0.778 bits per heavy atom. The predicted molar refractivity (Wildman–Crippen MR) is 91.7 cm³/mol. The van der Waals surface area contributed by atoms with Crippen LogP contribution in [0.1, 0.15) is 73.9 Å². The molecule has 0 fully saturated rings. The van der Waals surface area contributed by atoms with Gasteiger partial charge >= 0.3 is 0 Å². The molecule has 1 rings (SSSR count). The number of benzene rings is 1. The Labute approximate surface area is 120 Å². The van der Waals surface area contributed by atoms with E-state index in [0.29, 0.717) is 0 Å². The summed E-state index contributed by atoms with van der Waals surface area (Å²) in [5.74, 6) is 0. The lowest BCUT2D eigenvalue weighted by Gasteiger charge is -1.97. The molecule has 0 saturated heterocycles. The van der Waals surface area contributed by atoms with Gasteiger partial charge in [0.2, 0.25) is 0 Å². The molecule has 0 aliphatic rings. The minimum atomic E-state index is 0. The van der Waals surface area contributed by atoms with Crippen LogP contribution in [0, 0.1) is 0 Å². The third-order valence-electron chi connectivity index (χ3n) is 1.84. The van der Waals surface area contributed by atoms with Gasteiger partial charge in [0, 0.05) is 8.41 Å². The Hall–Kier alpha value is -0.715. The highest BCUT2D eigenvalue weighted by atomic mass is 13.9. The van der Waals surface area contributed by atoms with Crippen LogP contribution in [0.4, 0.5) is 0 Å². The van der Waals surface area contributed by atoms with E-state index in [1.54, 1.807) is 0 Å². The zero-order valence-electron chi connectivity index (χ0n) is 13.3. The topological polar surface area (TPSA) is 0 Å². The molecule has 0 nitrogen and oxygen atoms in total. The summed E-state index contributed by atoms with van der Waals surface area (Å²) in [5, 5.41) is 0. The van der Waals surface area contributed by atoms with Crippen molar-refractivity contribution >= 4 is 8.41 Å². The van der Waals surface area contributed by atoms with Crippen LogP contribution in [-0.2, 0) is 12.8 Å². The van der Waals surface area contributed by atoms with E-state index in [1.165, 1.54) is 11.1 Å². The van der Waals surface area contributed by atoms with Gasteiger partial charge in [-0.2, -0.15) is 0 Å². The summed E-state index contributed by atoms with van der Waals surface area (Å²) in [7, 11) is 0. The molecule has 0 N–H and O–H groups in total. The molecule has 0 spiro atoms. The zero-order valence-corrected chi connectivity index (χ0v) is 13.3. The monoisotopic (exact) mass is 251 g/mol. The van der Waals surface area contributed by atoms with Gasteiger partial charge in [0.1, 0.15) is 0 Å². The van der Waals surface area contributed by atoms with Crippen molar-refractivity contribution in [2.45, 2.75) is 75.7 Å². The highest BCUT2D eigenvalue weighted by Gasteiger charge is 1.88. The summed E-state index contributed by atoms with van der Waals surface area (Å²) in [5.41, 5.74) is 2.86. The first-order valence-electron chi connectivity index (χ1n) is 6.94. The second kappa shape index (κ2) is 29.9. The van der Waals surface area contributed by atoms with E-state index in [2.05, 4.69) is 38.1 Å². The van der Waals surface area contributed by atoms with E-state index in [1.807, 2.05) is 41.5 Å². The molecule has 0 unspecified atom stereocenters. The minimum absolute atomic E-state index is 0. The molecule has 0 bridgehead atoms. The lowest BCUT2D eigenvalue weighted by molar-refractivity contribution is 1.10. The molecule has 0 saturated carbocycles. The second-order valence-corrected chi connectivity index (χ2v) is 2.52. The molecule has 107 valence electrons. The van der Waals surface area contributed by atoms with Crippen LogP contribution in [0.2, 0.25) is 0 Å². The Morgan fingerprint density at radius 3 is 0.889 bits per heavy atom. The fraction of sp³-hybridized carbons (Fsp3) is 0.647. The van der Waals surface area contributed by atoms with Crippen molar-refractivity contribution in [3.8, 4) is 0 Å². The largest absolute Gasteiger partial charge is 0.0776 e. The van der Waals surface area contributed by atoms with E-state index < -0.39 is 0 Å². The van der Waals surface area contributed by atoms with Gasteiger partial charge < -0.3 is 0 Å². The van der Waals surface area contributed by atoms with Crippen molar-refractivity contribution in [1.82, 2.24) is 0 Å². The molecule has 0 atom stereocenters. The molecule has 3 radical (unpaired) electrons. The van der Waals surface area contributed by atoms with Crippen LogP contribution >= 0.6 is 0 Å². The number of hydrogen-bond donors (Lipinski definition) is 0. The Morgan fingerprint density at radius 1 is 0.611 bits per heavy atom. The van der Waals surface area contributed by atoms with Gasteiger partial charge in [0.25, 0.3) is 0 Å². The first-order chi connectivity index (χ1) is 7.86. The van der Waals surface area contributed by atoms with Crippen LogP contribution < -0.4 is 0 Å². The second-order valence-electron chi connectivity index (χ2n) is 2.52. The van der Waals surface area contributed by atoms with Crippen LogP contribution in [0.3, 0.4) is 0 Å². The normalized spacial score (nSPS) is 6.44. The van der Waals surface area contributed by atoms with E-state index in [4.69, 9.17) is 0 Å². The van der Waals surface area contributed by atoms with E-state index >= 15 is 0 Å². The Bertz CT molecular complexity index is 166. The van der Waals surface area contributed by atoms with Crippen molar-refractivity contribution < 1.29 is 0 Å². The van der Waals surface area contributed by atoms with E-state index in [-0.39, 0.29) is 15.8 Å². The summed E-state index contributed by atoms with van der Waals surface area (Å²) in [4.78, 5) is 0. The quantitative estimate of drug-likeness (QED) is 0.553. The van der Waals surface area contributed by atoms with Gasteiger partial charge in [-0.1, -0.05) is 87.1 Å². The van der Waals surface area contributed by atoms with Crippen molar-refractivity contribution in [3.05, 3.63) is 35.4 Å². The van der Waals surface area contributed by atoms with E-state index in [0.717, 1.165) is 12.8 Å². The van der Waals surface area contributed by atoms with E-state index in [9.17, 15) is 0 Å². The lowest BCUT2D eigenvalue weighted by atomic mass is 10.1. The van der Waals surface area contributed by atoms with Gasteiger partial charge in [-0.25, -0.2) is 0 Å². The van der Waals surface area contributed by atoms with Crippen LogP contribution in [0.25, 0.3) is 0 Å². The lowest BCUT2D eigenvalue weighted by Crippen LogP contribution is -1.81. The predicted octanol–water partition coefficient (Wildman–Crippen LogP) is 6.15. The molecule has 1 aromatic carbocycles. The maximum absolute atomic E-state index is 2.21. The molecule has 18 heavy (non-hydrogen) atoms. The third kappa shape index (κ3) is 17.7. The zero-order chi connectivity index (χ0) is 13.4. The van der Waals surface area contributed by atoms with Gasteiger partial charge in [-0.3, -0.25) is 0 Å². The maximum atomic E-state index is 2.21. The summed E-state index contributed by atoms with van der Waals surface area (Å²) in [6.07, 6.45) is 2.29. The molecular formula is C17H36B. The van der Waals surface area contributed by atoms with Crippen LogP contribution in [0.15, 0.2) is 24.3 Å². The highest BCUT2D eigenvalue weighted by Crippen LogP contribution is 2.04. The highest BCUT2D eigenvalue weighted by molar-refractivity contribution is 5.75. The number of aryl methyl sites for hydroxylation is 2. The fourth-order valence-corrected chi connectivity index (χ4v) is 1.01. The molecule has 0 aromatic heterocycles. The third-order valence-corrected chi connectivity index (χ3v) is 1.84. The summed E-state index contributed by atoms with van der Waals surface area (Å²) in [6, 6.07) is 8.83.